The summed E-state index contributed by atoms with van der Waals surface area (Å²) in [7, 11) is -3.72. The highest BCUT2D eigenvalue weighted by molar-refractivity contribution is 7.89. The van der Waals surface area contributed by atoms with E-state index in [0.29, 0.717) is 5.02 Å². The van der Waals surface area contributed by atoms with E-state index in [1.165, 1.54) is 24.3 Å². The first kappa shape index (κ1) is 21.4. The van der Waals surface area contributed by atoms with E-state index in [2.05, 4.69) is 10.0 Å². The van der Waals surface area contributed by atoms with Crippen LogP contribution < -0.4 is 10.0 Å². The minimum absolute atomic E-state index is 0.0161. The van der Waals surface area contributed by atoms with E-state index in [4.69, 9.17) is 16.3 Å². The molecule has 0 aliphatic rings. The summed E-state index contributed by atoms with van der Waals surface area (Å²) in [6, 6.07) is 5.67. The molecule has 9 heteroatoms. The maximum atomic E-state index is 12.0. The average molecular weight is 391 g/mol. The van der Waals surface area contributed by atoms with Crippen LogP contribution in [0.15, 0.2) is 29.2 Å². The average Bonchev–Trinajstić information content (AvgIpc) is 2.53. The van der Waals surface area contributed by atoms with E-state index < -0.39 is 16.0 Å². The zero-order valence-electron chi connectivity index (χ0n) is 14.2. The van der Waals surface area contributed by atoms with Gasteiger partial charge in [-0.1, -0.05) is 24.9 Å². The van der Waals surface area contributed by atoms with Gasteiger partial charge in [-0.05, 0) is 37.6 Å². The molecule has 0 aliphatic heterocycles. The van der Waals surface area contributed by atoms with E-state index in [1.807, 2.05) is 13.8 Å². The topological polar surface area (TPSA) is 102 Å². The smallest absolute Gasteiger partial charge is 0.307 e. The second-order valence-electron chi connectivity index (χ2n) is 5.52. The van der Waals surface area contributed by atoms with Crippen LogP contribution in [-0.2, 0) is 24.3 Å². The Hall–Kier alpha value is -1.64. The van der Waals surface area contributed by atoms with Crippen LogP contribution in [0.1, 0.15) is 33.1 Å². The second-order valence-corrected chi connectivity index (χ2v) is 7.72. The largest absolute Gasteiger partial charge is 0.456 e. The van der Waals surface area contributed by atoms with Crippen LogP contribution in [-0.4, -0.2) is 39.5 Å². The summed E-state index contributed by atoms with van der Waals surface area (Å²) in [6.07, 6.45) is 1.60. The summed E-state index contributed by atoms with van der Waals surface area (Å²) < 4.78 is 31.1. The second kappa shape index (κ2) is 10.4. The zero-order valence-corrected chi connectivity index (χ0v) is 15.8. The van der Waals surface area contributed by atoms with Crippen molar-refractivity contribution in [1.29, 1.82) is 0 Å². The Bertz CT molecular complexity index is 676. The van der Waals surface area contributed by atoms with Crippen molar-refractivity contribution < 1.29 is 22.7 Å². The van der Waals surface area contributed by atoms with E-state index >= 15 is 0 Å². The molecule has 0 bridgehead atoms. The van der Waals surface area contributed by atoms with Crippen molar-refractivity contribution in [1.82, 2.24) is 10.0 Å². The number of hydrogen-bond donors (Lipinski definition) is 2. The highest BCUT2D eigenvalue weighted by Gasteiger charge is 2.15. The lowest BCUT2D eigenvalue weighted by atomic mass is 10.2. The lowest BCUT2D eigenvalue weighted by Crippen LogP contribution is -2.36. The maximum absolute atomic E-state index is 12.0. The van der Waals surface area contributed by atoms with Crippen molar-refractivity contribution in [3.8, 4) is 0 Å². The number of ether oxygens (including phenoxy) is 1. The molecule has 0 spiro atoms. The number of carbonyl (C=O) groups is 2. The number of nitrogens with one attached hydrogen (secondary N) is 2. The number of carbonyl (C=O) groups excluding carboxylic acids is 2. The number of halogens is 1. The van der Waals surface area contributed by atoms with Crippen molar-refractivity contribution in [3.63, 3.8) is 0 Å². The molecule has 1 aromatic rings. The predicted octanol–water partition coefficient (Wildman–Crippen LogP) is 1.86. The Labute approximate surface area is 153 Å². The van der Waals surface area contributed by atoms with Gasteiger partial charge in [0.05, 0.1) is 11.3 Å². The van der Waals surface area contributed by atoms with Crippen LogP contribution in [0.2, 0.25) is 5.02 Å². The molecule has 1 aromatic carbocycles. The van der Waals surface area contributed by atoms with Crippen molar-refractivity contribution >= 4 is 33.5 Å². The Morgan fingerprint density at radius 1 is 1.24 bits per heavy atom. The summed E-state index contributed by atoms with van der Waals surface area (Å²) in [4.78, 5) is 23.2. The van der Waals surface area contributed by atoms with Gasteiger partial charge in [0.2, 0.25) is 10.0 Å². The standard InChI is InChI=1S/C16H23ClN2O5S/c1-3-4-12(2)19-15(20)11-24-16(21)9-10-18-25(22,23)14-7-5-13(17)6-8-14/h5-8,12,18H,3-4,9-11H2,1-2H3,(H,19,20)/t12-/m1/s1. The number of amides is 1. The van der Waals surface area contributed by atoms with Gasteiger partial charge in [-0.15, -0.1) is 0 Å². The van der Waals surface area contributed by atoms with Crippen molar-refractivity contribution in [2.75, 3.05) is 13.2 Å². The monoisotopic (exact) mass is 390 g/mol. The lowest BCUT2D eigenvalue weighted by Gasteiger charge is -2.12. The van der Waals surface area contributed by atoms with Gasteiger partial charge in [0, 0.05) is 17.6 Å². The zero-order chi connectivity index (χ0) is 18.9. The summed E-state index contributed by atoms with van der Waals surface area (Å²) in [5, 5.41) is 3.13. The van der Waals surface area contributed by atoms with Gasteiger partial charge >= 0.3 is 5.97 Å². The molecule has 0 saturated carbocycles. The molecular formula is C16H23ClN2O5S. The lowest BCUT2D eigenvalue weighted by molar-refractivity contribution is -0.148. The van der Waals surface area contributed by atoms with E-state index in [-0.39, 0.29) is 36.4 Å². The van der Waals surface area contributed by atoms with Gasteiger partial charge in [0.1, 0.15) is 0 Å². The normalized spacial score (nSPS) is 12.4. The van der Waals surface area contributed by atoms with Crippen LogP contribution in [0.4, 0.5) is 0 Å². The molecule has 1 rings (SSSR count). The first-order chi connectivity index (χ1) is 11.7. The van der Waals surface area contributed by atoms with Crippen LogP contribution in [0.5, 0.6) is 0 Å². The minimum Gasteiger partial charge on any atom is -0.456 e. The van der Waals surface area contributed by atoms with Gasteiger partial charge in [-0.3, -0.25) is 9.59 Å². The van der Waals surface area contributed by atoms with Gasteiger partial charge < -0.3 is 10.1 Å². The summed E-state index contributed by atoms with van der Waals surface area (Å²) in [5.41, 5.74) is 0. The first-order valence-electron chi connectivity index (χ1n) is 7.95. The Morgan fingerprint density at radius 2 is 1.88 bits per heavy atom. The van der Waals surface area contributed by atoms with Gasteiger partial charge in [-0.2, -0.15) is 0 Å². The molecule has 2 N–H and O–H groups in total. The Morgan fingerprint density at radius 3 is 2.48 bits per heavy atom. The molecule has 1 amide bonds. The van der Waals surface area contributed by atoms with Crippen LogP contribution >= 0.6 is 11.6 Å². The molecule has 0 radical (unpaired) electrons. The fraction of sp³-hybridized carbons (Fsp3) is 0.500. The fourth-order valence-electron chi connectivity index (χ4n) is 2.02. The van der Waals surface area contributed by atoms with Crippen molar-refractivity contribution in [3.05, 3.63) is 29.3 Å². The van der Waals surface area contributed by atoms with E-state index in [9.17, 15) is 18.0 Å². The van der Waals surface area contributed by atoms with E-state index in [0.717, 1.165) is 12.8 Å². The van der Waals surface area contributed by atoms with Crippen LogP contribution in [0, 0.1) is 0 Å². The number of rotatable bonds is 10. The maximum Gasteiger partial charge on any atom is 0.307 e. The van der Waals surface area contributed by atoms with Crippen LogP contribution in [0.3, 0.4) is 0 Å². The number of sulfonamides is 1. The third-order valence-electron chi connectivity index (χ3n) is 3.24. The van der Waals surface area contributed by atoms with E-state index in [1.54, 1.807) is 0 Å². The highest BCUT2D eigenvalue weighted by Crippen LogP contribution is 2.13. The minimum atomic E-state index is -3.72. The van der Waals surface area contributed by atoms with Gasteiger partial charge in [-0.25, -0.2) is 13.1 Å². The molecule has 0 heterocycles. The molecular weight excluding hydrogens is 368 g/mol. The molecule has 7 nitrogen and oxygen atoms in total. The summed E-state index contributed by atoms with van der Waals surface area (Å²) >= 11 is 5.71. The highest BCUT2D eigenvalue weighted by atomic mass is 35.5. The molecule has 0 unspecified atom stereocenters. The summed E-state index contributed by atoms with van der Waals surface area (Å²) in [6.45, 7) is 3.37. The Balaban J connectivity index is 2.32. The van der Waals surface area contributed by atoms with Crippen molar-refractivity contribution in [2.45, 2.75) is 44.0 Å². The molecule has 0 aromatic heterocycles. The third kappa shape index (κ3) is 8.33. The van der Waals surface area contributed by atoms with Gasteiger partial charge in [0.25, 0.3) is 5.91 Å². The quantitative estimate of drug-likeness (QED) is 0.594. The van der Waals surface area contributed by atoms with Crippen LogP contribution in [0.25, 0.3) is 0 Å². The molecule has 1 atom stereocenters. The molecule has 25 heavy (non-hydrogen) atoms. The SMILES string of the molecule is CCC[C@@H](C)NC(=O)COC(=O)CCNS(=O)(=O)c1ccc(Cl)cc1. The summed E-state index contributed by atoms with van der Waals surface area (Å²) in [5.74, 6) is -1.03. The first-order valence-corrected chi connectivity index (χ1v) is 9.81. The number of esters is 1. The molecule has 0 saturated heterocycles. The number of benzene rings is 1. The fourth-order valence-corrected chi connectivity index (χ4v) is 3.18. The predicted molar refractivity (Wildman–Crippen MR) is 94.7 cm³/mol. The third-order valence-corrected chi connectivity index (χ3v) is 4.97. The Kier molecular flexibility index (Phi) is 8.88. The molecule has 0 aliphatic carbocycles. The number of hydrogen-bond acceptors (Lipinski definition) is 5. The van der Waals surface area contributed by atoms with Crippen molar-refractivity contribution in [2.24, 2.45) is 0 Å². The van der Waals surface area contributed by atoms with Gasteiger partial charge in [0.15, 0.2) is 6.61 Å². The molecule has 0 fully saturated rings. The molecule has 140 valence electrons.